The maximum absolute atomic E-state index is 12.9. The molecule has 1 atom stereocenters. The van der Waals surface area contributed by atoms with Crippen LogP contribution in [-0.2, 0) is 9.53 Å². The van der Waals surface area contributed by atoms with Gasteiger partial charge in [0.1, 0.15) is 5.84 Å². The van der Waals surface area contributed by atoms with Gasteiger partial charge in [-0.2, -0.15) is 18.4 Å². The lowest BCUT2D eigenvalue weighted by molar-refractivity contribution is -0.171. The van der Waals surface area contributed by atoms with E-state index < -0.39 is 29.9 Å². The van der Waals surface area contributed by atoms with Crippen LogP contribution in [0.3, 0.4) is 0 Å². The van der Waals surface area contributed by atoms with Crippen molar-refractivity contribution in [3.05, 3.63) is 70.8 Å². The number of nitriles is 1. The molecule has 1 saturated heterocycles. The maximum Gasteiger partial charge on any atom is 0.471 e. The first-order chi connectivity index (χ1) is 16.6. The smallest absolute Gasteiger partial charge is 0.377 e. The molecule has 0 radical (unpaired) electrons. The van der Waals surface area contributed by atoms with Gasteiger partial charge in [0.2, 0.25) is 0 Å². The number of hydrogen-bond acceptors (Lipinski definition) is 6. The summed E-state index contributed by atoms with van der Waals surface area (Å²) in [6.07, 6.45) is -5.12. The van der Waals surface area contributed by atoms with Gasteiger partial charge in [0.15, 0.2) is 0 Å². The highest BCUT2D eigenvalue weighted by Crippen LogP contribution is 2.15. The summed E-state index contributed by atoms with van der Waals surface area (Å²) in [6.45, 7) is 0.946. The second-order valence-electron chi connectivity index (χ2n) is 7.53. The monoisotopic (exact) mass is 487 g/mol. The van der Waals surface area contributed by atoms with E-state index in [1.165, 1.54) is 29.6 Å². The molecule has 3 N–H and O–H groups in total. The molecular weight excluding hydrogens is 467 g/mol. The van der Waals surface area contributed by atoms with Crippen molar-refractivity contribution >= 4 is 23.6 Å². The van der Waals surface area contributed by atoms with Crippen molar-refractivity contribution in [1.29, 1.82) is 10.7 Å². The number of amidine groups is 1. The van der Waals surface area contributed by atoms with Gasteiger partial charge in [0, 0.05) is 29.8 Å². The summed E-state index contributed by atoms with van der Waals surface area (Å²) in [5, 5.41) is 20.6. The molecule has 3 rings (SSSR count). The highest BCUT2D eigenvalue weighted by molar-refractivity contribution is 6.08. The molecule has 0 bridgehead atoms. The van der Waals surface area contributed by atoms with Gasteiger partial charge in [-0.25, -0.2) is 0 Å². The van der Waals surface area contributed by atoms with Gasteiger partial charge >= 0.3 is 12.1 Å². The molecule has 0 aliphatic carbocycles. The number of ether oxygens (including phenoxy) is 1. The third-order valence-corrected chi connectivity index (χ3v) is 5.18. The van der Waals surface area contributed by atoms with Crippen molar-refractivity contribution in [2.45, 2.75) is 12.2 Å². The van der Waals surface area contributed by atoms with Crippen molar-refractivity contribution in [3.8, 4) is 6.07 Å². The predicted octanol–water partition coefficient (Wildman–Crippen LogP) is 1.83. The van der Waals surface area contributed by atoms with Gasteiger partial charge in [-0.05, 0) is 36.4 Å². The number of benzene rings is 2. The van der Waals surface area contributed by atoms with Crippen LogP contribution in [-0.4, -0.2) is 67.0 Å². The number of amides is 3. The van der Waals surface area contributed by atoms with Gasteiger partial charge in [0.05, 0.1) is 30.9 Å². The molecule has 1 aliphatic rings. The van der Waals surface area contributed by atoms with E-state index in [2.05, 4.69) is 5.32 Å². The Labute approximate surface area is 198 Å². The summed E-state index contributed by atoms with van der Waals surface area (Å²) in [5.41, 5.74) is 0.985. The first-order valence-electron chi connectivity index (χ1n) is 10.3. The van der Waals surface area contributed by atoms with E-state index in [1.807, 2.05) is 6.07 Å². The third-order valence-electron chi connectivity index (χ3n) is 5.18. The Balaban J connectivity index is 1.60. The minimum Gasteiger partial charge on any atom is -0.377 e. The number of nitrogens with zero attached hydrogens (tertiary/aromatic N) is 2. The molecule has 9 nitrogen and oxygen atoms in total. The normalized spacial score (nSPS) is 15.6. The van der Waals surface area contributed by atoms with Crippen molar-refractivity contribution in [3.63, 3.8) is 0 Å². The molecule has 182 valence electrons. The number of halogens is 3. The summed E-state index contributed by atoms with van der Waals surface area (Å²) in [6, 6.07) is 12.8. The van der Waals surface area contributed by atoms with Crippen LogP contribution in [0.1, 0.15) is 31.8 Å². The molecule has 35 heavy (non-hydrogen) atoms. The number of carbonyl (C=O) groups excluding carboxylic acids is 3. The first-order valence-corrected chi connectivity index (χ1v) is 10.3. The van der Waals surface area contributed by atoms with Gasteiger partial charge in [-0.15, -0.1) is 0 Å². The molecule has 3 amide bonds. The number of alkyl halides is 3. The van der Waals surface area contributed by atoms with Crippen LogP contribution in [0.15, 0.2) is 48.5 Å². The van der Waals surface area contributed by atoms with Crippen LogP contribution in [0, 0.1) is 16.7 Å². The molecule has 2 aromatic carbocycles. The van der Waals surface area contributed by atoms with E-state index in [1.54, 1.807) is 29.2 Å². The van der Waals surface area contributed by atoms with Gasteiger partial charge in [0.25, 0.3) is 11.8 Å². The molecule has 0 saturated carbocycles. The van der Waals surface area contributed by atoms with E-state index in [0.717, 1.165) is 0 Å². The van der Waals surface area contributed by atoms with E-state index >= 15 is 0 Å². The first kappa shape index (κ1) is 25.4. The molecular formula is C23H20F3N5O4. The predicted molar refractivity (Wildman–Crippen MR) is 117 cm³/mol. The largest absolute Gasteiger partial charge is 0.471 e. The molecule has 0 spiro atoms. The number of hydrogen-bond donors (Lipinski definition) is 3. The zero-order chi connectivity index (χ0) is 25.6. The van der Waals surface area contributed by atoms with Crippen LogP contribution < -0.4 is 10.6 Å². The quantitative estimate of drug-likeness (QED) is 0.437. The number of carbonyl (C=O) groups is 3. The van der Waals surface area contributed by atoms with E-state index in [-0.39, 0.29) is 30.2 Å². The van der Waals surface area contributed by atoms with Crippen LogP contribution in [0.5, 0.6) is 0 Å². The second-order valence-corrected chi connectivity index (χ2v) is 7.53. The average molecular weight is 487 g/mol. The SMILES string of the molecule is N#Cc1ccc(C(=O)N2CCOCC2CNC(=O)c2ccc(C(=N)NC(=O)C(F)(F)F)cc2)cc1. The third kappa shape index (κ3) is 6.42. The van der Waals surface area contributed by atoms with Gasteiger partial charge in [-0.1, -0.05) is 12.1 Å². The Kier molecular flexibility index (Phi) is 7.83. The summed E-state index contributed by atoms with van der Waals surface area (Å²) in [5.74, 6) is -3.78. The van der Waals surface area contributed by atoms with Crippen LogP contribution in [0.25, 0.3) is 0 Å². The number of nitrogens with one attached hydrogen (secondary N) is 3. The Morgan fingerprint density at radius 1 is 1.06 bits per heavy atom. The van der Waals surface area contributed by atoms with Crippen molar-refractivity contribution in [2.24, 2.45) is 0 Å². The van der Waals surface area contributed by atoms with Crippen LogP contribution >= 0.6 is 0 Å². The zero-order valence-corrected chi connectivity index (χ0v) is 18.2. The molecule has 1 unspecified atom stereocenters. The lowest BCUT2D eigenvalue weighted by Crippen LogP contribution is -2.53. The lowest BCUT2D eigenvalue weighted by Gasteiger charge is -2.35. The van der Waals surface area contributed by atoms with E-state index in [4.69, 9.17) is 15.4 Å². The number of rotatable bonds is 5. The number of morpholine rings is 1. The van der Waals surface area contributed by atoms with E-state index in [0.29, 0.717) is 24.3 Å². The van der Waals surface area contributed by atoms with E-state index in [9.17, 15) is 27.6 Å². The highest BCUT2D eigenvalue weighted by atomic mass is 19.4. The molecule has 2 aromatic rings. The summed E-state index contributed by atoms with van der Waals surface area (Å²) in [4.78, 5) is 38.0. The van der Waals surface area contributed by atoms with Gasteiger partial charge < -0.3 is 20.3 Å². The topological polar surface area (TPSA) is 135 Å². The van der Waals surface area contributed by atoms with Crippen molar-refractivity contribution in [1.82, 2.24) is 15.5 Å². The molecule has 1 fully saturated rings. The fourth-order valence-corrected chi connectivity index (χ4v) is 3.30. The minimum absolute atomic E-state index is 0.0148. The second kappa shape index (κ2) is 10.8. The Bertz CT molecular complexity index is 1160. The molecule has 12 heteroatoms. The summed E-state index contributed by atoms with van der Waals surface area (Å²) >= 11 is 0. The van der Waals surface area contributed by atoms with Gasteiger partial charge in [-0.3, -0.25) is 19.8 Å². The van der Waals surface area contributed by atoms with Crippen molar-refractivity contribution in [2.75, 3.05) is 26.3 Å². The molecule has 0 aromatic heterocycles. The standard InChI is InChI=1S/C23H20F3N5O4/c24-23(25,26)22(34)30-19(28)15-5-7-16(8-6-15)20(32)29-12-18-13-35-10-9-31(18)21(33)17-3-1-14(11-27)2-4-17/h1-8,18H,9-10,12-13H2,(H,29,32)(H2,28,30,34). The fraction of sp³-hybridized carbons (Fsp3) is 0.261. The Morgan fingerprint density at radius 3 is 2.26 bits per heavy atom. The lowest BCUT2D eigenvalue weighted by atomic mass is 10.1. The van der Waals surface area contributed by atoms with Crippen LogP contribution in [0.4, 0.5) is 13.2 Å². The maximum atomic E-state index is 12.9. The summed E-state index contributed by atoms with van der Waals surface area (Å²) in [7, 11) is 0. The Morgan fingerprint density at radius 2 is 1.66 bits per heavy atom. The summed E-state index contributed by atoms with van der Waals surface area (Å²) < 4.78 is 42.4. The zero-order valence-electron chi connectivity index (χ0n) is 18.2. The average Bonchev–Trinajstić information content (AvgIpc) is 2.86. The van der Waals surface area contributed by atoms with Crippen molar-refractivity contribution < 1.29 is 32.3 Å². The fourth-order valence-electron chi connectivity index (χ4n) is 3.30. The Hall–Kier alpha value is -4.24. The molecule has 1 aliphatic heterocycles. The minimum atomic E-state index is -5.12. The van der Waals surface area contributed by atoms with Crippen LogP contribution in [0.2, 0.25) is 0 Å². The highest BCUT2D eigenvalue weighted by Gasteiger charge is 2.39. The molecule has 1 heterocycles.